The number of hydrogen-bond acceptors (Lipinski definition) is 2. The molecule has 4 heteroatoms. The molecule has 1 aromatic carbocycles. The van der Waals surface area contributed by atoms with Gasteiger partial charge in [0.2, 0.25) is 0 Å². The number of methoxy groups -OCH3 is 1. The standard InChI is InChI=1S/C10H10ClFO2/c1-5-4-7(11)10(14-3)8(6(2)13)9(5)12/h4H,1-3H3. The van der Waals surface area contributed by atoms with Crippen LogP contribution in [0.3, 0.4) is 0 Å². The Morgan fingerprint density at radius 1 is 1.57 bits per heavy atom. The number of hydrogen-bond donors (Lipinski definition) is 0. The molecule has 0 aromatic heterocycles. The van der Waals surface area contributed by atoms with Crippen molar-refractivity contribution in [2.45, 2.75) is 13.8 Å². The number of Topliss-reactive ketones (excluding diaryl/α,β-unsaturated/α-hetero) is 1. The number of aryl methyl sites for hydroxylation is 1. The fourth-order valence-corrected chi connectivity index (χ4v) is 1.58. The Hall–Kier alpha value is -1.09. The Kier molecular flexibility index (Phi) is 3.11. The highest BCUT2D eigenvalue weighted by atomic mass is 35.5. The third-order valence-electron chi connectivity index (χ3n) is 1.91. The lowest BCUT2D eigenvalue weighted by atomic mass is 10.1. The molecule has 0 atom stereocenters. The first-order chi connectivity index (χ1) is 6.49. The minimum atomic E-state index is -0.571. The summed E-state index contributed by atoms with van der Waals surface area (Å²) in [7, 11) is 1.35. The number of rotatable bonds is 2. The van der Waals surface area contributed by atoms with E-state index < -0.39 is 11.6 Å². The van der Waals surface area contributed by atoms with Crippen molar-refractivity contribution >= 4 is 17.4 Å². The Morgan fingerprint density at radius 2 is 2.14 bits per heavy atom. The lowest BCUT2D eigenvalue weighted by Crippen LogP contribution is -2.04. The van der Waals surface area contributed by atoms with Gasteiger partial charge in [0, 0.05) is 0 Å². The van der Waals surface area contributed by atoms with Crippen LogP contribution in [0.2, 0.25) is 5.02 Å². The van der Waals surface area contributed by atoms with E-state index in [1.165, 1.54) is 20.1 Å². The molecule has 0 aliphatic rings. The lowest BCUT2D eigenvalue weighted by Gasteiger charge is -2.10. The van der Waals surface area contributed by atoms with Crippen LogP contribution in [0.4, 0.5) is 4.39 Å². The van der Waals surface area contributed by atoms with Gasteiger partial charge in [-0.15, -0.1) is 0 Å². The molecule has 0 bridgehead atoms. The van der Waals surface area contributed by atoms with Crippen LogP contribution in [0.5, 0.6) is 5.75 Å². The summed E-state index contributed by atoms with van der Waals surface area (Å²) in [5, 5.41) is 0.247. The minimum absolute atomic E-state index is 0.0856. The van der Waals surface area contributed by atoms with Crippen LogP contribution >= 0.6 is 11.6 Å². The second kappa shape index (κ2) is 3.96. The zero-order valence-electron chi connectivity index (χ0n) is 8.15. The Balaban J connectivity index is 3.56. The van der Waals surface area contributed by atoms with Crippen molar-refractivity contribution < 1.29 is 13.9 Å². The van der Waals surface area contributed by atoms with Crippen molar-refractivity contribution in [1.82, 2.24) is 0 Å². The third kappa shape index (κ3) is 1.73. The molecular formula is C10H10ClFO2. The van der Waals surface area contributed by atoms with E-state index >= 15 is 0 Å². The van der Waals surface area contributed by atoms with Crippen LogP contribution < -0.4 is 4.74 Å². The van der Waals surface area contributed by atoms with Gasteiger partial charge in [-0.2, -0.15) is 0 Å². The normalized spacial score (nSPS) is 10.1. The summed E-state index contributed by atoms with van der Waals surface area (Å²) in [5.74, 6) is -0.869. The lowest BCUT2D eigenvalue weighted by molar-refractivity contribution is 0.101. The molecule has 1 aromatic rings. The van der Waals surface area contributed by atoms with Crippen molar-refractivity contribution in [3.63, 3.8) is 0 Å². The molecule has 0 amide bonds. The Morgan fingerprint density at radius 3 is 2.57 bits per heavy atom. The van der Waals surface area contributed by atoms with Gasteiger partial charge in [-0.25, -0.2) is 4.39 Å². The van der Waals surface area contributed by atoms with E-state index in [-0.39, 0.29) is 16.3 Å². The molecule has 0 unspecified atom stereocenters. The zero-order chi connectivity index (χ0) is 10.9. The number of benzene rings is 1. The van der Waals surface area contributed by atoms with Crippen molar-refractivity contribution in [1.29, 1.82) is 0 Å². The van der Waals surface area contributed by atoms with Gasteiger partial charge < -0.3 is 4.74 Å². The van der Waals surface area contributed by atoms with E-state index in [9.17, 15) is 9.18 Å². The van der Waals surface area contributed by atoms with Crippen LogP contribution in [-0.4, -0.2) is 12.9 Å². The molecule has 0 aliphatic heterocycles. The Bertz CT molecular complexity index is 388. The highest BCUT2D eigenvalue weighted by molar-refractivity contribution is 6.32. The monoisotopic (exact) mass is 216 g/mol. The summed E-state index contributed by atoms with van der Waals surface area (Å²) in [4.78, 5) is 11.2. The number of ketones is 1. The predicted molar refractivity (Wildman–Crippen MR) is 52.7 cm³/mol. The maximum Gasteiger partial charge on any atom is 0.166 e. The molecule has 0 saturated carbocycles. The summed E-state index contributed by atoms with van der Waals surface area (Å²) in [6.07, 6.45) is 0. The molecule has 1 rings (SSSR count). The second-order valence-corrected chi connectivity index (χ2v) is 3.36. The Labute approximate surface area is 86.6 Å². The van der Waals surface area contributed by atoms with Crippen LogP contribution in [0.25, 0.3) is 0 Å². The first kappa shape index (κ1) is 11.0. The van der Waals surface area contributed by atoms with Crippen LogP contribution in [0.1, 0.15) is 22.8 Å². The molecule has 0 N–H and O–H groups in total. The SMILES string of the molecule is COc1c(Cl)cc(C)c(F)c1C(C)=O. The van der Waals surface area contributed by atoms with Gasteiger partial charge in [0.25, 0.3) is 0 Å². The first-order valence-corrected chi connectivity index (χ1v) is 4.40. The van der Waals surface area contributed by atoms with Gasteiger partial charge in [-0.05, 0) is 25.5 Å². The average molecular weight is 217 g/mol. The van der Waals surface area contributed by atoms with Crippen molar-refractivity contribution in [3.8, 4) is 5.75 Å². The third-order valence-corrected chi connectivity index (χ3v) is 2.19. The van der Waals surface area contributed by atoms with Gasteiger partial charge >= 0.3 is 0 Å². The van der Waals surface area contributed by atoms with Gasteiger partial charge in [-0.3, -0.25) is 4.79 Å². The molecular weight excluding hydrogens is 207 g/mol. The summed E-state index contributed by atoms with van der Waals surface area (Å²) >= 11 is 5.81. The molecule has 0 saturated heterocycles. The molecule has 0 aliphatic carbocycles. The number of carbonyl (C=O) groups excluding carboxylic acids is 1. The predicted octanol–water partition coefficient (Wildman–Crippen LogP) is 3.00. The van der Waals surface area contributed by atoms with E-state index in [0.717, 1.165) is 0 Å². The molecule has 0 radical (unpaired) electrons. The maximum atomic E-state index is 13.5. The fourth-order valence-electron chi connectivity index (χ4n) is 1.25. The largest absolute Gasteiger partial charge is 0.494 e. The molecule has 0 fully saturated rings. The highest BCUT2D eigenvalue weighted by Gasteiger charge is 2.19. The molecule has 76 valence electrons. The first-order valence-electron chi connectivity index (χ1n) is 4.02. The second-order valence-electron chi connectivity index (χ2n) is 2.95. The van der Waals surface area contributed by atoms with E-state index in [0.29, 0.717) is 5.56 Å². The maximum absolute atomic E-state index is 13.5. The van der Waals surface area contributed by atoms with Crippen molar-refractivity contribution in [2.75, 3.05) is 7.11 Å². The van der Waals surface area contributed by atoms with Crippen molar-refractivity contribution in [3.05, 3.63) is 28.0 Å². The molecule has 0 spiro atoms. The quantitative estimate of drug-likeness (QED) is 0.711. The summed E-state index contributed by atoms with van der Waals surface area (Å²) in [6.45, 7) is 2.82. The number of ether oxygens (including phenoxy) is 1. The van der Waals surface area contributed by atoms with Crippen LogP contribution in [-0.2, 0) is 0 Å². The summed E-state index contributed by atoms with van der Waals surface area (Å²) in [6, 6.07) is 1.43. The van der Waals surface area contributed by atoms with Gasteiger partial charge in [0.15, 0.2) is 11.5 Å². The fraction of sp³-hybridized carbons (Fsp3) is 0.300. The van der Waals surface area contributed by atoms with E-state index in [4.69, 9.17) is 16.3 Å². The van der Waals surface area contributed by atoms with E-state index in [1.54, 1.807) is 6.92 Å². The molecule has 14 heavy (non-hydrogen) atoms. The summed E-state index contributed by atoms with van der Waals surface area (Å²) < 4.78 is 18.4. The van der Waals surface area contributed by atoms with Gasteiger partial charge in [-0.1, -0.05) is 11.6 Å². The highest BCUT2D eigenvalue weighted by Crippen LogP contribution is 2.32. The van der Waals surface area contributed by atoms with Crippen LogP contribution in [0, 0.1) is 12.7 Å². The summed E-state index contributed by atoms with van der Waals surface area (Å²) in [5.41, 5.74) is 0.249. The zero-order valence-corrected chi connectivity index (χ0v) is 8.91. The molecule has 0 heterocycles. The minimum Gasteiger partial charge on any atom is -0.494 e. The number of halogens is 2. The van der Waals surface area contributed by atoms with Crippen LogP contribution in [0.15, 0.2) is 6.07 Å². The molecule has 2 nitrogen and oxygen atoms in total. The van der Waals surface area contributed by atoms with E-state index in [2.05, 4.69) is 0 Å². The van der Waals surface area contributed by atoms with Gasteiger partial charge in [0.05, 0.1) is 17.7 Å². The van der Waals surface area contributed by atoms with E-state index in [1.807, 2.05) is 0 Å². The number of carbonyl (C=O) groups is 1. The topological polar surface area (TPSA) is 26.3 Å². The average Bonchev–Trinajstić information content (AvgIpc) is 2.10. The van der Waals surface area contributed by atoms with Gasteiger partial charge in [0.1, 0.15) is 5.82 Å². The van der Waals surface area contributed by atoms with Crippen molar-refractivity contribution in [2.24, 2.45) is 0 Å². The smallest absolute Gasteiger partial charge is 0.166 e.